The van der Waals surface area contributed by atoms with Gasteiger partial charge < -0.3 is 9.57 Å². The van der Waals surface area contributed by atoms with E-state index in [0.29, 0.717) is 10.8 Å². The molecule has 3 aromatic rings. The molecule has 150 valence electrons. The Labute approximate surface area is 169 Å². The van der Waals surface area contributed by atoms with Crippen LogP contribution in [0, 0.1) is 11.6 Å². The number of ether oxygens (including phenoxy) is 1. The van der Waals surface area contributed by atoms with E-state index in [4.69, 9.17) is 9.57 Å². The van der Waals surface area contributed by atoms with E-state index in [9.17, 15) is 23.2 Å². The minimum atomic E-state index is -1.23. The summed E-state index contributed by atoms with van der Waals surface area (Å²) in [6.45, 7) is 0. The molecule has 0 aromatic heterocycles. The van der Waals surface area contributed by atoms with Crippen LogP contribution in [0.1, 0.15) is 31.1 Å². The molecule has 4 rings (SSSR count). The minimum absolute atomic E-state index is 0.0844. The molecule has 1 heterocycles. The Kier molecular flexibility index (Phi) is 4.75. The second-order valence-corrected chi connectivity index (χ2v) is 6.37. The predicted octanol–water partition coefficient (Wildman–Crippen LogP) is 4.01. The largest absolute Gasteiger partial charge is 0.497 e. The number of hydrogen-bond acceptors (Lipinski definition) is 5. The van der Waals surface area contributed by atoms with E-state index in [1.165, 1.54) is 37.4 Å². The fourth-order valence-corrected chi connectivity index (χ4v) is 3.09. The minimum Gasteiger partial charge on any atom is -0.497 e. The normalized spacial score (nSPS) is 12.7. The lowest BCUT2D eigenvalue weighted by molar-refractivity contribution is -0.0587. The number of methoxy groups -OCH3 is 1. The molecule has 30 heavy (non-hydrogen) atoms. The zero-order valence-electron chi connectivity index (χ0n) is 15.5. The molecule has 0 bridgehead atoms. The first kappa shape index (κ1) is 19.3. The average molecular weight is 409 g/mol. The molecule has 0 radical (unpaired) electrons. The fraction of sp³-hybridized carbons (Fsp3) is 0.0455. The van der Waals surface area contributed by atoms with Crippen molar-refractivity contribution in [2.45, 2.75) is 0 Å². The first-order valence-electron chi connectivity index (χ1n) is 8.74. The van der Waals surface area contributed by atoms with Crippen LogP contribution in [0.3, 0.4) is 0 Å². The third-order valence-electron chi connectivity index (χ3n) is 4.61. The second kappa shape index (κ2) is 7.40. The molecule has 6 nitrogen and oxygen atoms in total. The van der Waals surface area contributed by atoms with Gasteiger partial charge in [0.05, 0.1) is 23.8 Å². The molecule has 0 spiro atoms. The summed E-state index contributed by atoms with van der Waals surface area (Å²) < 4.78 is 33.7. The smallest absolute Gasteiger partial charge is 0.366 e. The van der Waals surface area contributed by atoms with Gasteiger partial charge in [-0.15, -0.1) is 0 Å². The number of carbonyl (C=O) groups excluding carboxylic acids is 3. The van der Waals surface area contributed by atoms with E-state index >= 15 is 0 Å². The summed E-state index contributed by atoms with van der Waals surface area (Å²) in [6.07, 6.45) is 0. The Morgan fingerprint density at radius 1 is 0.833 bits per heavy atom. The van der Waals surface area contributed by atoms with Crippen molar-refractivity contribution in [2.75, 3.05) is 7.11 Å². The van der Waals surface area contributed by atoms with Gasteiger partial charge in [0.1, 0.15) is 17.4 Å². The van der Waals surface area contributed by atoms with Gasteiger partial charge in [-0.2, -0.15) is 0 Å². The number of nitrogens with zero attached hydrogens (tertiary/aromatic N) is 1. The van der Waals surface area contributed by atoms with Crippen molar-refractivity contribution in [3.8, 4) is 16.9 Å². The Balaban J connectivity index is 1.58. The summed E-state index contributed by atoms with van der Waals surface area (Å²) in [6, 6.07) is 13.4. The molecule has 2 amide bonds. The standard InChI is InChI=1S/C22H13F2NO5/c1-29-13-7-9-14(19(24)11-13)12-6-8-17(18(23)10-12)22(28)30-25-20(26)15-4-2-3-5-16(15)21(25)27/h2-11H,1H3. The number of rotatable bonds is 4. The van der Waals surface area contributed by atoms with Crippen LogP contribution in [-0.4, -0.2) is 30.0 Å². The molecule has 0 saturated carbocycles. The van der Waals surface area contributed by atoms with Gasteiger partial charge >= 0.3 is 5.97 Å². The summed E-state index contributed by atoms with van der Waals surface area (Å²) in [7, 11) is 1.39. The number of fused-ring (bicyclic) bond motifs is 1. The molecule has 0 N–H and O–H groups in total. The molecule has 1 aliphatic rings. The number of carbonyl (C=O) groups is 3. The summed E-state index contributed by atoms with van der Waals surface area (Å²) in [5.74, 6) is -4.19. The maximum Gasteiger partial charge on any atom is 0.366 e. The van der Waals surface area contributed by atoms with Crippen molar-refractivity contribution >= 4 is 17.8 Å². The van der Waals surface area contributed by atoms with E-state index in [1.54, 1.807) is 12.1 Å². The molecule has 0 saturated heterocycles. The predicted molar refractivity (Wildman–Crippen MR) is 101 cm³/mol. The van der Waals surface area contributed by atoms with E-state index in [-0.39, 0.29) is 22.3 Å². The number of hydrogen-bond donors (Lipinski definition) is 0. The van der Waals surface area contributed by atoms with Crippen molar-refractivity contribution in [3.63, 3.8) is 0 Å². The summed E-state index contributed by atoms with van der Waals surface area (Å²) in [4.78, 5) is 41.8. The molecule has 8 heteroatoms. The molecule has 0 aliphatic carbocycles. The molecule has 0 fully saturated rings. The third kappa shape index (κ3) is 3.18. The van der Waals surface area contributed by atoms with Gasteiger partial charge in [0, 0.05) is 11.6 Å². The highest BCUT2D eigenvalue weighted by molar-refractivity contribution is 6.21. The molecular formula is C22H13F2NO5. The van der Waals surface area contributed by atoms with Gasteiger partial charge in [0.15, 0.2) is 0 Å². The Morgan fingerprint density at radius 3 is 2.07 bits per heavy atom. The van der Waals surface area contributed by atoms with Gasteiger partial charge in [-0.25, -0.2) is 13.6 Å². The SMILES string of the molecule is COc1ccc(-c2ccc(C(=O)ON3C(=O)c4ccccc4C3=O)c(F)c2)c(F)c1. The topological polar surface area (TPSA) is 72.9 Å². The zero-order valence-corrected chi connectivity index (χ0v) is 15.5. The van der Waals surface area contributed by atoms with Gasteiger partial charge in [-0.3, -0.25) is 9.59 Å². The zero-order chi connectivity index (χ0) is 21.4. The maximum absolute atomic E-state index is 14.6. The highest BCUT2D eigenvalue weighted by Gasteiger charge is 2.39. The average Bonchev–Trinajstić information content (AvgIpc) is 2.98. The lowest BCUT2D eigenvalue weighted by Gasteiger charge is -2.13. The van der Waals surface area contributed by atoms with Crippen LogP contribution < -0.4 is 4.74 Å². The van der Waals surface area contributed by atoms with Crippen LogP contribution >= 0.6 is 0 Å². The van der Waals surface area contributed by atoms with Crippen LogP contribution in [0.4, 0.5) is 8.78 Å². The van der Waals surface area contributed by atoms with E-state index in [2.05, 4.69) is 0 Å². The van der Waals surface area contributed by atoms with E-state index in [1.807, 2.05) is 0 Å². The van der Waals surface area contributed by atoms with Crippen LogP contribution in [-0.2, 0) is 4.84 Å². The molecule has 0 unspecified atom stereocenters. The van der Waals surface area contributed by atoms with Gasteiger partial charge in [0.2, 0.25) is 0 Å². The first-order valence-corrected chi connectivity index (χ1v) is 8.74. The molecule has 3 aromatic carbocycles. The van der Waals surface area contributed by atoms with Crippen molar-refractivity contribution in [2.24, 2.45) is 0 Å². The monoisotopic (exact) mass is 409 g/mol. The lowest BCUT2D eigenvalue weighted by Crippen LogP contribution is -2.33. The fourth-order valence-electron chi connectivity index (χ4n) is 3.09. The van der Waals surface area contributed by atoms with Gasteiger partial charge in [-0.1, -0.05) is 23.3 Å². The highest BCUT2D eigenvalue weighted by Crippen LogP contribution is 2.28. The first-order chi connectivity index (χ1) is 14.4. The second-order valence-electron chi connectivity index (χ2n) is 6.37. The summed E-state index contributed by atoms with van der Waals surface area (Å²) in [5, 5.41) is 0.295. The number of amides is 2. The Bertz CT molecular complexity index is 1170. The van der Waals surface area contributed by atoms with Crippen LogP contribution in [0.25, 0.3) is 11.1 Å². The van der Waals surface area contributed by atoms with Gasteiger partial charge in [-0.05, 0) is 42.0 Å². The van der Waals surface area contributed by atoms with Gasteiger partial charge in [0.25, 0.3) is 11.8 Å². The Morgan fingerprint density at radius 2 is 1.50 bits per heavy atom. The number of benzene rings is 3. The van der Waals surface area contributed by atoms with Crippen LogP contribution in [0.5, 0.6) is 5.75 Å². The Hall–Kier alpha value is -4.07. The summed E-state index contributed by atoms with van der Waals surface area (Å²) in [5.41, 5.74) is -0.0497. The van der Waals surface area contributed by atoms with Crippen LogP contribution in [0.15, 0.2) is 60.7 Å². The van der Waals surface area contributed by atoms with E-state index < -0.39 is 35.0 Å². The quantitative estimate of drug-likeness (QED) is 0.609. The number of hydroxylamine groups is 2. The van der Waals surface area contributed by atoms with Crippen molar-refractivity contribution < 1.29 is 32.7 Å². The number of imide groups is 1. The maximum atomic E-state index is 14.6. The van der Waals surface area contributed by atoms with Crippen molar-refractivity contribution in [1.29, 1.82) is 0 Å². The molecule has 0 atom stereocenters. The lowest BCUT2D eigenvalue weighted by atomic mass is 10.0. The molecule has 1 aliphatic heterocycles. The van der Waals surface area contributed by atoms with Crippen molar-refractivity contribution in [1.82, 2.24) is 5.06 Å². The third-order valence-corrected chi connectivity index (χ3v) is 4.61. The number of halogens is 2. The van der Waals surface area contributed by atoms with Crippen LogP contribution in [0.2, 0.25) is 0 Å². The van der Waals surface area contributed by atoms with Crippen molar-refractivity contribution in [3.05, 3.63) is 89.0 Å². The van der Waals surface area contributed by atoms with E-state index in [0.717, 1.165) is 18.2 Å². The highest BCUT2D eigenvalue weighted by atomic mass is 19.1. The summed E-state index contributed by atoms with van der Waals surface area (Å²) >= 11 is 0. The molecular weight excluding hydrogens is 396 g/mol.